The zero-order valence-electron chi connectivity index (χ0n) is 8.70. The Kier molecular flexibility index (Phi) is 3.30. The number of aromatic nitrogens is 1. The van der Waals surface area contributed by atoms with E-state index in [4.69, 9.17) is 5.11 Å². The van der Waals surface area contributed by atoms with E-state index in [-0.39, 0.29) is 12.6 Å². The molecule has 0 atom stereocenters. The van der Waals surface area contributed by atoms with Gasteiger partial charge in [-0.25, -0.2) is 4.79 Å². The predicted octanol–water partition coefficient (Wildman–Crippen LogP) is 0.884. The standard InChI is InChI=1S/C10H15NO3/c1-7-6-8(2)11(4-5-12)9(7)10(13)14-3/h6,12H,4-5H2,1-3H3. The molecule has 0 aliphatic carbocycles. The molecule has 4 nitrogen and oxygen atoms in total. The minimum Gasteiger partial charge on any atom is -0.464 e. The SMILES string of the molecule is COC(=O)c1c(C)cc(C)n1CCO. The van der Waals surface area contributed by atoms with Crippen molar-refractivity contribution in [1.29, 1.82) is 0 Å². The Hall–Kier alpha value is -1.29. The van der Waals surface area contributed by atoms with Crippen molar-refractivity contribution in [2.45, 2.75) is 20.4 Å². The number of nitrogens with zero attached hydrogens (tertiary/aromatic N) is 1. The maximum atomic E-state index is 11.4. The van der Waals surface area contributed by atoms with Crippen LogP contribution in [0.1, 0.15) is 21.7 Å². The average molecular weight is 197 g/mol. The van der Waals surface area contributed by atoms with Gasteiger partial charge in [-0.3, -0.25) is 0 Å². The number of ether oxygens (including phenoxy) is 1. The van der Waals surface area contributed by atoms with Gasteiger partial charge in [0.25, 0.3) is 0 Å². The molecule has 0 saturated heterocycles. The van der Waals surface area contributed by atoms with Gasteiger partial charge in [0, 0.05) is 12.2 Å². The van der Waals surface area contributed by atoms with Gasteiger partial charge >= 0.3 is 5.97 Å². The van der Waals surface area contributed by atoms with E-state index in [1.165, 1.54) is 7.11 Å². The minimum absolute atomic E-state index is 0.0129. The lowest BCUT2D eigenvalue weighted by Crippen LogP contribution is -2.14. The molecule has 0 radical (unpaired) electrons. The number of aliphatic hydroxyl groups is 1. The number of hydrogen-bond donors (Lipinski definition) is 1. The fourth-order valence-corrected chi connectivity index (χ4v) is 1.60. The Morgan fingerprint density at radius 3 is 2.71 bits per heavy atom. The zero-order valence-corrected chi connectivity index (χ0v) is 8.70. The van der Waals surface area contributed by atoms with Gasteiger partial charge in [-0.2, -0.15) is 0 Å². The van der Waals surface area contributed by atoms with Gasteiger partial charge in [-0.05, 0) is 25.5 Å². The lowest BCUT2D eigenvalue weighted by Gasteiger charge is -2.08. The molecule has 0 aromatic carbocycles. The molecule has 14 heavy (non-hydrogen) atoms. The third-order valence-electron chi connectivity index (χ3n) is 2.20. The summed E-state index contributed by atoms with van der Waals surface area (Å²) in [5.74, 6) is -0.357. The Balaban J connectivity index is 3.17. The van der Waals surface area contributed by atoms with Crippen LogP contribution in [0.3, 0.4) is 0 Å². The van der Waals surface area contributed by atoms with E-state index >= 15 is 0 Å². The first-order valence-corrected chi connectivity index (χ1v) is 4.47. The fourth-order valence-electron chi connectivity index (χ4n) is 1.60. The second kappa shape index (κ2) is 4.28. The van der Waals surface area contributed by atoms with E-state index in [1.807, 2.05) is 19.9 Å². The number of carbonyl (C=O) groups excluding carboxylic acids is 1. The van der Waals surface area contributed by atoms with Crippen LogP contribution in [0.4, 0.5) is 0 Å². The second-order valence-electron chi connectivity index (χ2n) is 3.18. The molecule has 0 saturated carbocycles. The van der Waals surface area contributed by atoms with Crippen LogP contribution in [0.5, 0.6) is 0 Å². The Labute approximate surface area is 83.1 Å². The van der Waals surface area contributed by atoms with Gasteiger partial charge < -0.3 is 14.4 Å². The molecule has 0 aliphatic heterocycles. The van der Waals surface area contributed by atoms with Gasteiger partial charge in [-0.1, -0.05) is 0 Å². The molecule has 0 amide bonds. The summed E-state index contributed by atoms with van der Waals surface area (Å²) in [4.78, 5) is 11.4. The van der Waals surface area contributed by atoms with Gasteiger partial charge in [-0.15, -0.1) is 0 Å². The number of methoxy groups -OCH3 is 1. The first kappa shape index (κ1) is 10.8. The summed E-state index contributed by atoms with van der Waals surface area (Å²) in [7, 11) is 1.35. The summed E-state index contributed by atoms with van der Waals surface area (Å²) < 4.78 is 6.44. The molecular weight excluding hydrogens is 182 g/mol. The highest BCUT2D eigenvalue weighted by atomic mass is 16.5. The minimum atomic E-state index is -0.357. The maximum Gasteiger partial charge on any atom is 0.354 e. The van der Waals surface area contributed by atoms with Crippen LogP contribution < -0.4 is 0 Å². The third kappa shape index (κ3) is 1.80. The van der Waals surface area contributed by atoms with Crippen LogP contribution in [0.15, 0.2) is 6.07 Å². The van der Waals surface area contributed by atoms with Crippen LogP contribution in [-0.4, -0.2) is 29.4 Å². The highest BCUT2D eigenvalue weighted by Gasteiger charge is 2.16. The molecule has 4 heteroatoms. The zero-order chi connectivity index (χ0) is 10.7. The fraction of sp³-hybridized carbons (Fsp3) is 0.500. The van der Waals surface area contributed by atoms with Crippen LogP contribution in [-0.2, 0) is 11.3 Å². The molecule has 0 spiro atoms. The lowest BCUT2D eigenvalue weighted by molar-refractivity contribution is 0.0586. The summed E-state index contributed by atoms with van der Waals surface area (Å²) in [6.07, 6.45) is 0. The predicted molar refractivity (Wildman–Crippen MR) is 52.3 cm³/mol. The summed E-state index contributed by atoms with van der Waals surface area (Å²) in [6.45, 7) is 4.19. The Morgan fingerprint density at radius 1 is 1.57 bits per heavy atom. The molecule has 0 unspecified atom stereocenters. The molecule has 1 aromatic heterocycles. The molecule has 0 bridgehead atoms. The maximum absolute atomic E-state index is 11.4. The summed E-state index contributed by atoms with van der Waals surface area (Å²) in [5, 5.41) is 8.86. The Bertz CT molecular complexity index is 341. The van der Waals surface area contributed by atoms with Crippen LogP contribution >= 0.6 is 0 Å². The number of aryl methyl sites for hydroxylation is 2. The van der Waals surface area contributed by atoms with E-state index in [0.717, 1.165) is 11.3 Å². The van der Waals surface area contributed by atoms with E-state index < -0.39 is 0 Å². The van der Waals surface area contributed by atoms with Gasteiger partial charge in [0.05, 0.1) is 13.7 Å². The van der Waals surface area contributed by atoms with E-state index in [0.29, 0.717) is 12.2 Å². The molecule has 1 heterocycles. The van der Waals surface area contributed by atoms with Gasteiger partial charge in [0.1, 0.15) is 5.69 Å². The average Bonchev–Trinajstić information content (AvgIpc) is 2.42. The van der Waals surface area contributed by atoms with E-state index in [1.54, 1.807) is 4.57 Å². The summed E-state index contributed by atoms with van der Waals surface area (Å²) in [5.41, 5.74) is 2.36. The van der Waals surface area contributed by atoms with Gasteiger partial charge in [0.2, 0.25) is 0 Å². The van der Waals surface area contributed by atoms with Crippen LogP contribution in [0, 0.1) is 13.8 Å². The van der Waals surface area contributed by atoms with Crippen molar-refractivity contribution >= 4 is 5.97 Å². The summed E-state index contributed by atoms with van der Waals surface area (Å²) in [6, 6.07) is 1.90. The first-order valence-electron chi connectivity index (χ1n) is 4.47. The Morgan fingerprint density at radius 2 is 2.21 bits per heavy atom. The molecule has 0 aliphatic rings. The van der Waals surface area contributed by atoms with Crippen molar-refractivity contribution in [2.75, 3.05) is 13.7 Å². The monoisotopic (exact) mass is 197 g/mol. The molecule has 78 valence electrons. The third-order valence-corrected chi connectivity index (χ3v) is 2.20. The largest absolute Gasteiger partial charge is 0.464 e. The van der Waals surface area contributed by atoms with Crippen molar-refractivity contribution in [3.8, 4) is 0 Å². The smallest absolute Gasteiger partial charge is 0.354 e. The van der Waals surface area contributed by atoms with Crippen LogP contribution in [0.2, 0.25) is 0 Å². The first-order chi connectivity index (χ1) is 6.61. The normalized spacial score (nSPS) is 10.3. The highest BCUT2D eigenvalue weighted by Crippen LogP contribution is 2.15. The van der Waals surface area contributed by atoms with E-state index in [2.05, 4.69) is 4.74 Å². The quantitative estimate of drug-likeness (QED) is 0.732. The molecule has 1 N–H and O–H groups in total. The molecule has 1 aromatic rings. The number of aliphatic hydroxyl groups excluding tert-OH is 1. The highest BCUT2D eigenvalue weighted by molar-refractivity contribution is 5.89. The van der Waals surface area contributed by atoms with Crippen molar-refractivity contribution in [3.05, 3.63) is 23.0 Å². The number of esters is 1. The van der Waals surface area contributed by atoms with Crippen LogP contribution in [0.25, 0.3) is 0 Å². The van der Waals surface area contributed by atoms with Crippen molar-refractivity contribution in [3.63, 3.8) is 0 Å². The molecule has 0 fully saturated rings. The topological polar surface area (TPSA) is 51.5 Å². The number of carbonyl (C=O) groups is 1. The second-order valence-corrected chi connectivity index (χ2v) is 3.18. The van der Waals surface area contributed by atoms with E-state index in [9.17, 15) is 4.79 Å². The van der Waals surface area contributed by atoms with Gasteiger partial charge in [0.15, 0.2) is 0 Å². The number of hydrogen-bond acceptors (Lipinski definition) is 3. The van der Waals surface area contributed by atoms with Crippen molar-refractivity contribution < 1.29 is 14.6 Å². The number of rotatable bonds is 3. The van der Waals surface area contributed by atoms with Crippen molar-refractivity contribution in [2.24, 2.45) is 0 Å². The summed E-state index contributed by atoms with van der Waals surface area (Å²) >= 11 is 0. The lowest BCUT2D eigenvalue weighted by atomic mass is 10.2. The van der Waals surface area contributed by atoms with Crippen molar-refractivity contribution in [1.82, 2.24) is 4.57 Å². The molecular formula is C10H15NO3. The molecule has 1 rings (SSSR count).